The molecule has 0 heterocycles. The van der Waals surface area contributed by atoms with Gasteiger partial charge in [-0.25, -0.2) is 12.8 Å². The predicted octanol–water partition coefficient (Wildman–Crippen LogP) is 4.50. The van der Waals surface area contributed by atoms with E-state index >= 15 is 0 Å². The molecule has 0 radical (unpaired) electrons. The van der Waals surface area contributed by atoms with E-state index in [2.05, 4.69) is 5.32 Å². The first-order valence-corrected chi connectivity index (χ1v) is 13.3. The highest BCUT2D eigenvalue weighted by Crippen LogP contribution is 2.28. The predicted molar refractivity (Wildman–Crippen MR) is 133 cm³/mol. The smallest absolute Gasteiger partial charge is 0.244 e. The van der Waals surface area contributed by atoms with Crippen molar-refractivity contribution in [2.75, 3.05) is 23.7 Å². The molecule has 0 aliphatic rings. The number of nitrogens with zero attached hydrogens (tertiary/aromatic N) is 2. The summed E-state index contributed by atoms with van der Waals surface area (Å²) in [7, 11) is -3.98. The largest absolute Gasteiger partial charge is 0.355 e. The molecular weight excluding hydrogens is 528 g/mol. The van der Waals surface area contributed by atoms with Crippen LogP contribution in [0.3, 0.4) is 0 Å². The van der Waals surface area contributed by atoms with Crippen molar-refractivity contribution >= 4 is 62.3 Å². The Morgan fingerprint density at radius 1 is 1.06 bits per heavy atom. The van der Waals surface area contributed by atoms with E-state index in [-0.39, 0.29) is 23.7 Å². The Morgan fingerprint density at radius 3 is 2.18 bits per heavy atom. The van der Waals surface area contributed by atoms with Crippen molar-refractivity contribution < 1.29 is 22.4 Å². The second-order valence-electron chi connectivity index (χ2n) is 7.41. The van der Waals surface area contributed by atoms with Gasteiger partial charge in [0, 0.05) is 28.7 Å². The van der Waals surface area contributed by atoms with Gasteiger partial charge in [-0.15, -0.1) is 0 Å². The summed E-state index contributed by atoms with van der Waals surface area (Å²) in [4.78, 5) is 27.5. The molecule has 2 rings (SSSR count). The Balaban J connectivity index is 2.51. The fraction of sp³-hybridized carbons (Fsp3) is 0.364. The number of hydrogen-bond acceptors (Lipinski definition) is 4. The topological polar surface area (TPSA) is 86.8 Å². The maximum atomic E-state index is 13.6. The fourth-order valence-corrected chi connectivity index (χ4v) is 4.85. The fourth-order valence-electron chi connectivity index (χ4n) is 3.32. The third-order valence-corrected chi connectivity index (χ3v) is 7.14. The van der Waals surface area contributed by atoms with Crippen LogP contribution >= 0.6 is 34.8 Å². The molecule has 1 atom stereocenters. The van der Waals surface area contributed by atoms with Gasteiger partial charge >= 0.3 is 0 Å². The summed E-state index contributed by atoms with van der Waals surface area (Å²) in [6.07, 6.45) is 1.16. The summed E-state index contributed by atoms with van der Waals surface area (Å²) in [5, 5.41) is 2.97. The molecule has 0 spiro atoms. The highest BCUT2D eigenvalue weighted by atomic mass is 35.5. The number of benzene rings is 2. The van der Waals surface area contributed by atoms with Crippen LogP contribution in [-0.4, -0.2) is 50.5 Å². The van der Waals surface area contributed by atoms with Crippen LogP contribution in [0.1, 0.15) is 25.8 Å². The standard InChI is InChI=1S/C22H25Cl3FN3O4S/c1-4-20(22(31)27-5-2)28(12-15-16(23)7-6-8-17(15)24)21(30)13-29(34(3,32)33)14-9-10-19(26)18(25)11-14/h6-11,20H,4-5,12-13H2,1-3H3,(H,27,31)/t20-/m1/s1. The minimum atomic E-state index is -3.98. The summed E-state index contributed by atoms with van der Waals surface area (Å²) in [6, 6.07) is 7.24. The van der Waals surface area contributed by atoms with E-state index in [0.717, 1.165) is 22.7 Å². The number of nitrogens with one attached hydrogen (secondary N) is 1. The van der Waals surface area contributed by atoms with Gasteiger partial charge in [0.2, 0.25) is 21.8 Å². The molecule has 7 nitrogen and oxygen atoms in total. The van der Waals surface area contributed by atoms with Crippen LogP contribution in [0.5, 0.6) is 0 Å². The highest BCUT2D eigenvalue weighted by molar-refractivity contribution is 7.92. The summed E-state index contributed by atoms with van der Waals surface area (Å²) in [5.41, 5.74) is 0.418. The van der Waals surface area contributed by atoms with E-state index in [1.807, 2.05) is 0 Å². The molecule has 0 fully saturated rings. The van der Waals surface area contributed by atoms with Crippen molar-refractivity contribution in [3.05, 3.63) is 62.8 Å². The van der Waals surface area contributed by atoms with Gasteiger partial charge in [-0.05, 0) is 43.7 Å². The summed E-state index contributed by atoms with van der Waals surface area (Å²) in [6.45, 7) is 3.02. The second kappa shape index (κ2) is 12.1. The van der Waals surface area contributed by atoms with Crippen molar-refractivity contribution in [1.29, 1.82) is 0 Å². The molecule has 12 heteroatoms. The summed E-state index contributed by atoms with van der Waals surface area (Å²) < 4.78 is 39.5. The lowest BCUT2D eigenvalue weighted by molar-refractivity contribution is -0.140. The van der Waals surface area contributed by atoms with Gasteiger partial charge in [0.05, 0.1) is 17.0 Å². The molecular formula is C22H25Cl3FN3O4S. The molecule has 186 valence electrons. The van der Waals surface area contributed by atoms with Gasteiger partial charge in [-0.2, -0.15) is 0 Å². The first-order chi connectivity index (χ1) is 15.9. The quantitative estimate of drug-likeness (QED) is 0.470. The number of anilines is 1. The molecule has 0 saturated carbocycles. The zero-order valence-electron chi connectivity index (χ0n) is 18.8. The van der Waals surface area contributed by atoms with Crippen LogP contribution in [0.2, 0.25) is 15.1 Å². The van der Waals surface area contributed by atoms with Gasteiger partial charge in [0.15, 0.2) is 0 Å². The first kappa shape index (κ1) is 28.2. The van der Waals surface area contributed by atoms with Crippen LogP contribution in [0, 0.1) is 5.82 Å². The summed E-state index contributed by atoms with van der Waals surface area (Å²) in [5.74, 6) is -1.82. The molecule has 2 aromatic carbocycles. The van der Waals surface area contributed by atoms with E-state index in [4.69, 9.17) is 34.8 Å². The first-order valence-electron chi connectivity index (χ1n) is 10.3. The van der Waals surface area contributed by atoms with Crippen molar-refractivity contribution in [2.24, 2.45) is 0 Å². The van der Waals surface area contributed by atoms with Gasteiger partial charge in [-0.3, -0.25) is 13.9 Å². The van der Waals surface area contributed by atoms with Crippen LogP contribution in [0.15, 0.2) is 36.4 Å². The SMILES string of the molecule is CCNC(=O)[C@@H](CC)N(Cc1c(Cl)cccc1Cl)C(=O)CN(c1ccc(F)c(Cl)c1)S(C)(=O)=O. The zero-order chi connectivity index (χ0) is 25.6. The molecule has 0 aliphatic heterocycles. The van der Waals surface area contributed by atoms with Gasteiger partial charge in [0.1, 0.15) is 18.4 Å². The Kier molecular flexibility index (Phi) is 9.99. The van der Waals surface area contributed by atoms with Crippen molar-refractivity contribution in [1.82, 2.24) is 10.2 Å². The molecule has 0 unspecified atom stereocenters. The minimum Gasteiger partial charge on any atom is -0.355 e. The number of carbonyl (C=O) groups excluding carboxylic acids is 2. The van der Waals surface area contributed by atoms with E-state index in [9.17, 15) is 22.4 Å². The average Bonchev–Trinajstić information content (AvgIpc) is 2.75. The number of rotatable bonds is 10. The maximum absolute atomic E-state index is 13.6. The Labute approximate surface area is 213 Å². The van der Waals surface area contributed by atoms with E-state index < -0.39 is 40.2 Å². The highest BCUT2D eigenvalue weighted by Gasteiger charge is 2.32. The Morgan fingerprint density at radius 2 is 1.68 bits per heavy atom. The van der Waals surface area contributed by atoms with Crippen LogP contribution in [-0.2, 0) is 26.2 Å². The lowest BCUT2D eigenvalue weighted by atomic mass is 10.1. The van der Waals surface area contributed by atoms with Gasteiger partial charge in [0.25, 0.3) is 0 Å². The van der Waals surface area contributed by atoms with Gasteiger partial charge in [-0.1, -0.05) is 47.8 Å². The molecule has 34 heavy (non-hydrogen) atoms. The monoisotopic (exact) mass is 551 g/mol. The Hall–Kier alpha value is -2.07. The van der Waals surface area contributed by atoms with E-state index in [0.29, 0.717) is 22.2 Å². The third-order valence-electron chi connectivity index (χ3n) is 5.00. The normalized spacial score (nSPS) is 12.2. The lowest BCUT2D eigenvalue weighted by Gasteiger charge is -2.33. The number of sulfonamides is 1. The second-order valence-corrected chi connectivity index (χ2v) is 10.5. The molecule has 2 amide bonds. The molecule has 0 saturated heterocycles. The molecule has 1 N–H and O–H groups in total. The Bertz CT molecular complexity index is 1140. The lowest BCUT2D eigenvalue weighted by Crippen LogP contribution is -2.52. The van der Waals surface area contributed by atoms with Crippen LogP contribution < -0.4 is 9.62 Å². The number of likely N-dealkylation sites (N-methyl/N-ethyl adjacent to an activating group) is 1. The van der Waals surface area contributed by atoms with E-state index in [1.54, 1.807) is 32.0 Å². The number of carbonyl (C=O) groups is 2. The zero-order valence-corrected chi connectivity index (χ0v) is 21.9. The third kappa shape index (κ3) is 6.97. The van der Waals surface area contributed by atoms with Gasteiger partial charge < -0.3 is 10.2 Å². The maximum Gasteiger partial charge on any atom is 0.244 e. The van der Waals surface area contributed by atoms with Crippen molar-refractivity contribution in [3.63, 3.8) is 0 Å². The molecule has 0 aliphatic carbocycles. The van der Waals surface area contributed by atoms with Crippen molar-refractivity contribution in [3.8, 4) is 0 Å². The average molecular weight is 553 g/mol. The van der Waals surface area contributed by atoms with Crippen LogP contribution in [0.4, 0.5) is 10.1 Å². The number of amides is 2. The molecule has 2 aromatic rings. The molecule has 0 aromatic heterocycles. The van der Waals surface area contributed by atoms with E-state index in [1.165, 1.54) is 11.0 Å². The number of hydrogen-bond donors (Lipinski definition) is 1. The molecule has 0 bridgehead atoms. The minimum absolute atomic E-state index is 0.00374. The van der Waals surface area contributed by atoms with Crippen LogP contribution in [0.25, 0.3) is 0 Å². The van der Waals surface area contributed by atoms with Crippen molar-refractivity contribution in [2.45, 2.75) is 32.9 Å². The number of halogens is 4. The summed E-state index contributed by atoms with van der Waals surface area (Å²) >= 11 is 18.4.